The molecule has 3 nitrogen and oxygen atoms in total. The minimum atomic E-state index is -0.0606. The number of hydrogen-bond acceptors (Lipinski definition) is 4. The van der Waals surface area contributed by atoms with Crippen LogP contribution >= 0.6 is 11.8 Å². The van der Waals surface area contributed by atoms with Gasteiger partial charge in [-0.25, -0.2) is 9.97 Å². The van der Waals surface area contributed by atoms with E-state index in [2.05, 4.69) is 9.97 Å². The summed E-state index contributed by atoms with van der Waals surface area (Å²) in [5, 5.41) is 0. The van der Waals surface area contributed by atoms with E-state index in [4.69, 9.17) is 5.73 Å². The van der Waals surface area contributed by atoms with Gasteiger partial charge in [0.25, 0.3) is 0 Å². The van der Waals surface area contributed by atoms with Crippen molar-refractivity contribution in [3.63, 3.8) is 0 Å². The lowest BCUT2D eigenvalue weighted by Crippen LogP contribution is -2.12. The van der Waals surface area contributed by atoms with E-state index in [1.165, 1.54) is 11.3 Å². The molecular weight excluding hydrogens is 182 g/mol. The Kier molecular flexibility index (Phi) is 2.26. The molecule has 13 heavy (non-hydrogen) atoms. The molecule has 0 radical (unpaired) electrons. The first kappa shape index (κ1) is 8.97. The molecule has 0 spiro atoms. The van der Waals surface area contributed by atoms with E-state index in [1.54, 1.807) is 0 Å². The molecule has 0 bridgehead atoms. The van der Waals surface area contributed by atoms with Crippen molar-refractivity contribution in [2.75, 3.05) is 0 Å². The first-order valence-corrected chi connectivity index (χ1v) is 5.53. The molecule has 2 N–H and O–H groups in total. The number of nitrogens with two attached hydrogens (primary N) is 1. The first-order valence-electron chi connectivity index (χ1n) is 4.38. The Bertz CT molecular complexity index is 336. The molecule has 0 saturated carbocycles. The lowest BCUT2D eigenvalue weighted by atomic mass is 10.2. The highest BCUT2D eigenvalue weighted by Gasteiger charge is 2.18. The lowest BCUT2D eigenvalue weighted by Gasteiger charge is -2.08. The Hall–Kier alpha value is -0.610. The molecule has 1 aliphatic rings. The van der Waals surface area contributed by atoms with Crippen molar-refractivity contribution >= 4 is 11.8 Å². The molecule has 0 aromatic carbocycles. The Balaban J connectivity index is 2.49. The van der Waals surface area contributed by atoms with Crippen molar-refractivity contribution in [1.29, 1.82) is 0 Å². The summed E-state index contributed by atoms with van der Waals surface area (Å²) in [5.74, 6) is 2.84. The van der Waals surface area contributed by atoms with Gasteiger partial charge in [-0.15, -0.1) is 0 Å². The Labute approximate surface area is 82.2 Å². The molecule has 0 saturated heterocycles. The molecule has 4 heteroatoms. The first-order chi connectivity index (χ1) is 6.18. The molecule has 0 aliphatic carbocycles. The van der Waals surface area contributed by atoms with Crippen LogP contribution in [0.25, 0.3) is 0 Å². The molecular formula is C9H13N3S. The topological polar surface area (TPSA) is 51.8 Å². The third-order valence-electron chi connectivity index (χ3n) is 2.21. The standard InChI is InChI=1S/C9H13N3S/c1-5(10)9-11-6(2)7-3-13-4-8(7)12-9/h5H,3-4,10H2,1-2H3. The van der Waals surface area contributed by atoms with Crippen LogP contribution in [-0.4, -0.2) is 9.97 Å². The third kappa shape index (κ3) is 1.56. The van der Waals surface area contributed by atoms with Crippen molar-refractivity contribution in [3.05, 3.63) is 22.8 Å². The van der Waals surface area contributed by atoms with Gasteiger partial charge in [-0.2, -0.15) is 11.8 Å². The molecule has 1 aliphatic heterocycles. The Morgan fingerprint density at radius 1 is 1.38 bits per heavy atom. The maximum atomic E-state index is 5.74. The second kappa shape index (κ2) is 3.27. The maximum Gasteiger partial charge on any atom is 0.145 e. The molecule has 1 aromatic rings. The van der Waals surface area contributed by atoms with E-state index >= 15 is 0 Å². The van der Waals surface area contributed by atoms with E-state index in [1.807, 2.05) is 25.6 Å². The minimum absolute atomic E-state index is 0.0606. The van der Waals surface area contributed by atoms with Crippen LogP contribution in [0.5, 0.6) is 0 Å². The van der Waals surface area contributed by atoms with Gasteiger partial charge in [0.1, 0.15) is 5.82 Å². The van der Waals surface area contributed by atoms with E-state index in [0.29, 0.717) is 0 Å². The summed E-state index contributed by atoms with van der Waals surface area (Å²) < 4.78 is 0. The van der Waals surface area contributed by atoms with Gasteiger partial charge >= 0.3 is 0 Å². The van der Waals surface area contributed by atoms with Gasteiger partial charge in [-0.3, -0.25) is 0 Å². The van der Waals surface area contributed by atoms with Gasteiger partial charge in [0.05, 0.1) is 11.7 Å². The number of thioether (sulfide) groups is 1. The van der Waals surface area contributed by atoms with Gasteiger partial charge in [0.15, 0.2) is 0 Å². The Morgan fingerprint density at radius 2 is 2.15 bits per heavy atom. The van der Waals surface area contributed by atoms with E-state index in [-0.39, 0.29) is 6.04 Å². The Morgan fingerprint density at radius 3 is 2.85 bits per heavy atom. The van der Waals surface area contributed by atoms with Crippen molar-refractivity contribution in [3.8, 4) is 0 Å². The second-order valence-electron chi connectivity index (χ2n) is 3.37. The van der Waals surface area contributed by atoms with Crippen LogP contribution < -0.4 is 5.73 Å². The summed E-state index contributed by atoms with van der Waals surface area (Å²) in [6.45, 7) is 3.96. The summed E-state index contributed by atoms with van der Waals surface area (Å²) >= 11 is 1.89. The van der Waals surface area contributed by atoms with Crippen LogP contribution in [0.3, 0.4) is 0 Å². The maximum absolute atomic E-state index is 5.74. The van der Waals surface area contributed by atoms with Gasteiger partial charge in [0, 0.05) is 22.8 Å². The number of aryl methyl sites for hydroxylation is 1. The zero-order valence-corrected chi connectivity index (χ0v) is 8.69. The highest BCUT2D eigenvalue weighted by atomic mass is 32.2. The largest absolute Gasteiger partial charge is 0.322 e. The SMILES string of the molecule is Cc1nc(C(C)N)nc2c1CSC2. The second-order valence-corrected chi connectivity index (χ2v) is 4.36. The highest BCUT2D eigenvalue weighted by Crippen LogP contribution is 2.30. The van der Waals surface area contributed by atoms with Crippen LogP contribution in [0.1, 0.15) is 35.7 Å². The molecule has 1 aromatic heterocycles. The van der Waals surface area contributed by atoms with Gasteiger partial charge in [-0.05, 0) is 13.8 Å². The average Bonchev–Trinajstić information content (AvgIpc) is 2.51. The zero-order chi connectivity index (χ0) is 9.42. The normalized spacial score (nSPS) is 17.2. The van der Waals surface area contributed by atoms with Gasteiger partial charge in [-0.1, -0.05) is 0 Å². The summed E-state index contributed by atoms with van der Waals surface area (Å²) in [5.41, 5.74) is 9.34. The fourth-order valence-corrected chi connectivity index (χ4v) is 2.55. The minimum Gasteiger partial charge on any atom is -0.322 e. The third-order valence-corrected chi connectivity index (χ3v) is 3.18. The van der Waals surface area contributed by atoms with E-state index in [0.717, 1.165) is 23.0 Å². The van der Waals surface area contributed by atoms with Crippen molar-refractivity contribution in [2.24, 2.45) is 5.73 Å². The molecule has 0 amide bonds. The molecule has 1 unspecified atom stereocenters. The molecule has 0 fully saturated rings. The molecule has 1 atom stereocenters. The quantitative estimate of drug-likeness (QED) is 0.738. The van der Waals surface area contributed by atoms with E-state index < -0.39 is 0 Å². The fraction of sp³-hybridized carbons (Fsp3) is 0.556. The number of nitrogens with zero attached hydrogens (tertiary/aromatic N) is 2. The predicted octanol–water partition coefficient (Wildman–Crippen LogP) is 1.55. The molecule has 70 valence electrons. The summed E-state index contributed by atoms with van der Waals surface area (Å²) in [6, 6.07) is -0.0606. The van der Waals surface area contributed by atoms with Crippen LogP contribution in [0.2, 0.25) is 0 Å². The number of fused-ring (bicyclic) bond motifs is 1. The van der Waals surface area contributed by atoms with Crippen LogP contribution in [0, 0.1) is 6.92 Å². The van der Waals surface area contributed by atoms with Crippen molar-refractivity contribution in [1.82, 2.24) is 9.97 Å². The smallest absolute Gasteiger partial charge is 0.145 e. The van der Waals surface area contributed by atoms with Gasteiger partial charge < -0.3 is 5.73 Å². The summed E-state index contributed by atoms with van der Waals surface area (Å²) in [7, 11) is 0. The molecule has 2 heterocycles. The van der Waals surface area contributed by atoms with E-state index in [9.17, 15) is 0 Å². The predicted molar refractivity (Wildman–Crippen MR) is 54.4 cm³/mol. The lowest BCUT2D eigenvalue weighted by molar-refractivity contribution is 0.723. The summed E-state index contributed by atoms with van der Waals surface area (Å²) in [6.07, 6.45) is 0. The molecule has 2 rings (SSSR count). The zero-order valence-electron chi connectivity index (χ0n) is 7.87. The van der Waals surface area contributed by atoms with Crippen LogP contribution in [0.15, 0.2) is 0 Å². The van der Waals surface area contributed by atoms with Crippen molar-refractivity contribution in [2.45, 2.75) is 31.4 Å². The monoisotopic (exact) mass is 195 g/mol. The fourth-order valence-electron chi connectivity index (χ4n) is 1.44. The van der Waals surface area contributed by atoms with Crippen molar-refractivity contribution < 1.29 is 0 Å². The summed E-state index contributed by atoms with van der Waals surface area (Å²) in [4.78, 5) is 8.85. The number of hydrogen-bond donors (Lipinski definition) is 1. The average molecular weight is 195 g/mol. The highest BCUT2D eigenvalue weighted by molar-refractivity contribution is 7.98. The van der Waals surface area contributed by atoms with Crippen LogP contribution in [0.4, 0.5) is 0 Å². The number of aromatic nitrogens is 2. The van der Waals surface area contributed by atoms with Crippen LogP contribution in [-0.2, 0) is 11.5 Å². The van der Waals surface area contributed by atoms with Gasteiger partial charge in [0.2, 0.25) is 0 Å². The number of rotatable bonds is 1.